The third-order valence-corrected chi connectivity index (χ3v) is 5.09. The minimum atomic E-state index is -0.686. The van der Waals surface area contributed by atoms with Crippen LogP contribution in [0.1, 0.15) is 35.2 Å². The molecule has 0 unspecified atom stereocenters. The van der Waals surface area contributed by atoms with Gasteiger partial charge in [-0.2, -0.15) is 0 Å². The van der Waals surface area contributed by atoms with Crippen molar-refractivity contribution in [2.45, 2.75) is 31.8 Å². The quantitative estimate of drug-likeness (QED) is 0.364. The zero-order chi connectivity index (χ0) is 20.4. The van der Waals surface area contributed by atoms with Gasteiger partial charge in [0.15, 0.2) is 5.78 Å². The molecule has 1 aromatic heterocycles. The number of rotatable bonds is 8. The molecular weight excluding hydrogens is 368 g/mol. The second kappa shape index (κ2) is 7.91. The molecule has 1 amide bonds. The topological polar surface area (TPSA) is 77.4 Å². The molecule has 1 N–H and O–H groups in total. The Labute approximate surface area is 168 Å². The van der Waals surface area contributed by atoms with Crippen molar-refractivity contribution in [1.82, 2.24) is 9.88 Å². The molecule has 3 aromatic rings. The van der Waals surface area contributed by atoms with Crippen molar-refractivity contribution >= 4 is 28.4 Å². The third-order valence-electron chi connectivity index (χ3n) is 5.09. The van der Waals surface area contributed by atoms with Crippen LogP contribution in [0.25, 0.3) is 10.9 Å². The van der Waals surface area contributed by atoms with Gasteiger partial charge in [0, 0.05) is 35.2 Å². The van der Waals surface area contributed by atoms with E-state index in [4.69, 9.17) is 4.74 Å². The van der Waals surface area contributed by atoms with Gasteiger partial charge in [-0.05, 0) is 36.6 Å². The van der Waals surface area contributed by atoms with E-state index < -0.39 is 18.1 Å². The Morgan fingerprint density at radius 2 is 1.79 bits per heavy atom. The smallest absolute Gasteiger partial charge is 0.288 e. The summed E-state index contributed by atoms with van der Waals surface area (Å²) in [5, 5.41) is 3.42. The van der Waals surface area contributed by atoms with E-state index >= 15 is 0 Å². The number of Topliss-reactive ketones (excluding diaryl/α,β-unsaturated/α-hetero) is 2. The molecule has 6 heteroatoms. The van der Waals surface area contributed by atoms with Crippen molar-refractivity contribution in [3.63, 3.8) is 0 Å². The Bertz CT molecular complexity index is 1080. The molecule has 0 aliphatic heterocycles. The van der Waals surface area contributed by atoms with Crippen LogP contribution in [0.15, 0.2) is 54.7 Å². The fraction of sp³-hybridized carbons (Fsp3) is 0.261. The second-order valence-electron chi connectivity index (χ2n) is 7.31. The van der Waals surface area contributed by atoms with Crippen LogP contribution in [-0.4, -0.2) is 35.2 Å². The maximum atomic E-state index is 12.8. The lowest BCUT2D eigenvalue weighted by molar-refractivity contribution is -0.137. The maximum Gasteiger partial charge on any atom is 0.288 e. The fourth-order valence-electron chi connectivity index (χ4n) is 3.34. The van der Waals surface area contributed by atoms with Crippen LogP contribution in [-0.2, 0) is 16.1 Å². The molecule has 4 rings (SSSR count). The molecule has 2 aromatic carbocycles. The molecule has 1 fully saturated rings. The van der Waals surface area contributed by atoms with E-state index in [9.17, 15) is 14.4 Å². The molecule has 148 valence electrons. The number of ether oxygens (including phenoxy) is 1. The number of benzene rings is 2. The van der Waals surface area contributed by atoms with Crippen molar-refractivity contribution in [1.29, 1.82) is 0 Å². The Morgan fingerprint density at radius 3 is 2.48 bits per heavy atom. The number of aromatic nitrogens is 1. The van der Waals surface area contributed by atoms with Crippen LogP contribution in [0.4, 0.5) is 0 Å². The molecule has 0 bridgehead atoms. The number of methoxy groups -OCH3 is 1. The maximum absolute atomic E-state index is 12.8. The number of carbonyl (C=O) groups is 3. The number of nitrogens with zero attached hydrogens (tertiary/aromatic N) is 1. The molecule has 0 radical (unpaired) electrons. The lowest BCUT2D eigenvalue weighted by atomic mass is 10.0. The van der Waals surface area contributed by atoms with Crippen LogP contribution >= 0.6 is 0 Å². The number of carbonyl (C=O) groups excluding carboxylic acids is 3. The van der Waals surface area contributed by atoms with E-state index in [0.717, 1.165) is 35.1 Å². The van der Waals surface area contributed by atoms with E-state index in [1.54, 1.807) is 13.3 Å². The van der Waals surface area contributed by atoms with Crippen LogP contribution in [0.5, 0.6) is 5.75 Å². The average molecular weight is 390 g/mol. The van der Waals surface area contributed by atoms with Gasteiger partial charge in [-0.1, -0.05) is 30.3 Å². The summed E-state index contributed by atoms with van der Waals surface area (Å²) in [4.78, 5) is 36.8. The Kier molecular flexibility index (Phi) is 5.16. The van der Waals surface area contributed by atoms with Gasteiger partial charge in [-0.3, -0.25) is 14.4 Å². The molecule has 0 spiro atoms. The molecule has 0 saturated heterocycles. The van der Waals surface area contributed by atoms with Crippen LogP contribution in [0.2, 0.25) is 0 Å². The minimum absolute atomic E-state index is 0.0907. The van der Waals surface area contributed by atoms with Gasteiger partial charge in [0.25, 0.3) is 5.91 Å². The van der Waals surface area contributed by atoms with Crippen molar-refractivity contribution in [2.24, 2.45) is 0 Å². The molecule has 6 nitrogen and oxygen atoms in total. The predicted octanol–water partition coefficient (Wildman–Crippen LogP) is 3.12. The first kappa shape index (κ1) is 18.9. The summed E-state index contributed by atoms with van der Waals surface area (Å²) in [7, 11) is 1.62. The van der Waals surface area contributed by atoms with Crippen LogP contribution < -0.4 is 10.1 Å². The molecule has 1 aliphatic carbocycles. The highest BCUT2D eigenvalue weighted by molar-refractivity contribution is 6.40. The Balaban J connectivity index is 1.56. The number of ketones is 2. The van der Waals surface area contributed by atoms with Crippen molar-refractivity contribution in [3.05, 3.63) is 65.9 Å². The van der Waals surface area contributed by atoms with Gasteiger partial charge >= 0.3 is 0 Å². The van der Waals surface area contributed by atoms with Gasteiger partial charge < -0.3 is 14.6 Å². The summed E-state index contributed by atoms with van der Waals surface area (Å²) >= 11 is 0. The highest BCUT2D eigenvalue weighted by Crippen LogP contribution is 2.24. The zero-order valence-corrected chi connectivity index (χ0v) is 16.2. The van der Waals surface area contributed by atoms with Gasteiger partial charge in [-0.15, -0.1) is 0 Å². The van der Waals surface area contributed by atoms with E-state index in [1.807, 2.05) is 53.1 Å². The minimum Gasteiger partial charge on any atom is -0.497 e. The van der Waals surface area contributed by atoms with Crippen LogP contribution in [0, 0.1) is 0 Å². The van der Waals surface area contributed by atoms with E-state index in [-0.39, 0.29) is 11.8 Å². The third kappa shape index (κ3) is 4.21. The largest absolute Gasteiger partial charge is 0.497 e. The molecular formula is C23H22N2O4. The summed E-state index contributed by atoms with van der Waals surface area (Å²) < 4.78 is 7.18. The van der Waals surface area contributed by atoms with Crippen molar-refractivity contribution < 1.29 is 19.1 Å². The van der Waals surface area contributed by atoms with E-state index in [2.05, 4.69) is 5.32 Å². The zero-order valence-electron chi connectivity index (χ0n) is 16.2. The van der Waals surface area contributed by atoms with Crippen LogP contribution in [0.3, 0.4) is 0 Å². The highest BCUT2D eigenvalue weighted by Gasteiger charge is 2.28. The summed E-state index contributed by atoms with van der Waals surface area (Å²) in [6.45, 7) is 0.577. The number of para-hydroxylation sites is 1. The Hall–Kier alpha value is -3.41. The molecule has 1 aliphatic rings. The van der Waals surface area contributed by atoms with E-state index in [1.165, 1.54) is 0 Å². The first-order valence-electron chi connectivity index (χ1n) is 9.63. The molecule has 1 saturated carbocycles. The van der Waals surface area contributed by atoms with E-state index in [0.29, 0.717) is 12.1 Å². The number of nitrogens with one attached hydrogen (secondary N) is 1. The summed E-state index contributed by atoms with van der Waals surface area (Å²) in [6, 6.07) is 15.4. The second-order valence-corrected chi connectivity index (χ2v) is 7.31. The summed E-state index contributed by atoms with van der Waals surface area (Å²) in [5.74, 6) is -0.910. The first-order chi connectivity index (χ1) is 14.0. The first-order valence-corrected chi connectivity index (χ1v) is 9.63. The number of hydrogen-bond donors (Lipinski definition) is 1. The predicted molar refractivity (Wildman–Crippen MR) is 109 cm³/mol. The average Bonchev–Trinajstić information content (AvgIpc) is 3.48. The van der Waals surface area contributed by atoms with Gasteiger partial charge in [0.2, 0.25) is 5.78 Å². The van der Waals surface area contributed by atoms with Crippen molar-refractivity contribution in [2.75, 3.05) is 7.11 Å². The van der Waals surface area contributed by atoms with Gasteiger partial charge in [0.05, 0.1) is 13.5 Å². The number of hydrogen-bond acceptors (Lipinski definition) is 4. The lowest BCUT2D eigenvalue weighted by Gasteiger charge is -2.06. The summed E-state index contributed by atoms with van der Waals surface area (Å²) in [6.07, 6.45) is 3.13. The van der Waals surface area contributed by atoms with Gasteiger partial charge in [-0.25, -0.2) is 0 Å². The molecule has 1 heterocycles. The summed E-state index contributed by atoms with van der Waals surface area (Å²) in [5.41, 5.74) is 2.42. The highest BCUT2D eigenvalue weighted by atomic mass is 16.5. The SMILES string of the molecule is COc1ccc(Cn2cc(C(=O)CC(=O)C(=O)NC3CC3)c3ccccc32)cc1. The van der Waals surface area contributed by atoms with Gasteiger partial charge in [0.1, 0.15) is 5.75 Å². The van der Waals surface area contributed by atoms with Crippen molar-refractivity contribution in [3.8, 4) is 5.75 Å². The fourth-order valence-corrected chi connectivity index (χ4v) is 3.34. The number of fused-ring (bicyclic) bond motifs is 1. The monoisotopic (exact) mass is 390 g/mol. The standard InChI is InChI=1S/C23H22N2O4/c1-29-17-10-6-15(7-11-17)13-25-14-19(18-4-2-3-5-20(18)25)21(26)12-22(27)23(28)24-16-8-9-16/h2-7,10-11,14,16H,8-9,12-13H2,1H3,(H,24,28). The molecule has 29 heavy (non-hydrogen) atoms. The molecule has 0 atom stereocenters. The Morgan fingerprint density at radius 1 is 1.07 bits per heavy atom. The normalized spacial score (nSPS) is 13.3. The number of amides is 1. The lowest BCUT2D eigenvalue weighted by Crippen LogP contribution is -2.33.